The van der Waals surface area contributed by atoms with Crippen LogP contribution in [0, 0.1) is 0 Å². The number of carbonyl (C=O) groups is 1. The molecule has 1 aromatic rings. The molecule has 1 atom stereocenters. The van der Waals surface area contributed by atoms with E-state index in [1.54, 1.807) is 19.1 Å². The number of benzene rings is 1. The summed E-state index contributed by atoms with van der Waals surface area (Å²) in [6.07, 6.45) is -0.474. The van der Waals surface area contributed by atoms with Crippen LogP contribution in [0.3, 0.4) is 0 Å². The minimum Gasteiger partial charge on any atom is -0.364 e. The molecule has 1 unspecified atom stereocenters. The molecular formula is C13H18O3S. The molecule has 94 valence electrons. The molecule has 0 saturated carbocycles. The van der Waals surface area contributed by atoms with Gasteiger partial charge in [-0.3, -0.25) is 4.79 Å². The molecule has 0 heterocycles. The molecule has 4 heteroatoms. The maximum Gasteiger partial charge on any atom is 0.185 e. The highest BCUT2D eigenvalue weighted by molar-refractivity contribution is 8.13. The fraction of sp³-hybridized carbons (Fsp3) is 0.462. The zero-order chi connectivity index (χ0) is 12.8. The smallest absolute Gasteiger partial charge is 0.185 e. The molecular weight excluding hydrogens is 236 g/mol. The van der Waals surface area contributed by atoms with Crippen molar-refractivity contribution in [3.8, 4) is 0 Å². The second-order valence-electron chi connectivity index (χ2n) is 4.07. The zero-order valence-corrected chi connectivity index (χ0v) is 10.9. The van der Waals surface area contributed by atoms with Crippen LogP contribution in [0.4, 0.5) is 0 Å². The van der Waals surface area contributed by atoms with Crippen molar-refractivity contribution in [2.45, 2.75) is 32.5 Å². The normalized spacial score (nSPS) is 12.8. The Bertz CT molecular complexity index is 359. The molecule has 17 heavy (non-hydrogen) atoms. The first kappa shape index (κ1) is 14.2. The van der Waals surface area contributed by atoms with Gasteiger partial charge in [-0.25, -0.2) is 0 Å². The van der Waals surface area contributed by atoms with Crippen LogP contribution in [-0.4, -0.2) is 21.1 Å². The van der Waals surface area contributed by atoms with Crippen LogP contribution in [0.1, 0.15) is 43.6 Å². The molecule has 1 aromatic carbocycles. The molecule has 0 fully saturated rings. The van der Waals surface area contributed by atoms with Crippen LogP contribution in [0.2, 0.25) is 0 Å². The topological polar surface area (TPSA) is 57.5 Å². The molecule has 1 rings (SSSR count). The first-order chi connectivity index (χ1) is 8.00. The van der Waals surface area contributed by atoms with E-state index in [0.29, 0.717) is 11.5 Å². The highest BCUT2D eigenvalue weighted by Gasteiger charge is 2.08. The summed E-state index contributed by atoms with van der Waals surface area (Å²) in [4.78, 5) is 10.8. The minimum absolute atomic E-state index is 0.149. The van der Waals surface area contributed by atoms with Gasteiger partial charge in [0, 0.05) is 18.2 Å². The van der Waals surface area contributed by atoms with Crippen LogP contribution in [0.5, 0.6) is 0 Å². The third kappa shape index (κ3) is 4.89. The Hall–Kier alpha value is -0.840. The summed E-state index contributed by atoms with van der Waals surface area (Å²) >= 11 is 1.34. The Balaban J connectivity index is 2.51. The van der Waals surface area contributed by atoms with Crippen molar-refractivity contribution in [3.05, 3.63) is 35.4 Å². The molecule has 0 aliphatic heterocycles. The highest BCUT2D eigenvalue weighted by Crippen LogP contribution is 2.22. The largest absolute Gasteiger partial charge is 0.364 e. The van der Waals surface area contributed by atoms with Gasteiger partial charge in [-0.1, -0.05) is 43.0 Å². The van der Waals surface area contributed by atoms with Gasteiger partial charge in [0.1, 0.15) is 0 Å². The number of aliphatic hydroxyl groups is 2. The lowest BCUT2D eigenvalue weighted by Crippen LogP contribution is -1.99. The van der Waals surface area contributed by atoms with Gasteiger partial charge in [0.2, 0.25) is 0 Å². The quantitative estimate of drug-likeness (QED) is 0.792. The number of thioether (sulfide) groups is 1. The second-order valence-corrected chi connectivity index (χ2v) is 5.34. The number of rotatable bonds is 5. The predicted octanol–water partition coefficient (Wildman–Crippen LogP) is 2.44. The maximum atomic E-state index is 10.8. The summed E-state index contributed by atoms with van der Waals surface area (Å²) in [5.74, 6) is 1.19. The molecule has 0 saturated heterocycles. The number of aliphatic hydroxyl groups excluding tert-OH is 1. The monoisotopic (exact) mass is 254 g/mol. The molecule has 0 spiro atoms. The van der Waals surface area contributed by atoms with E-state index in [9.17, 15) is 4.79 Å². The van der Waals surface area contributed by atoms with E-state index >= 15 is 0 Å². The number of carbonyl (C=O) groups excluding carboxylic acids is 1. The van der Waals surface area contributed by atoms with Crippen molar-refractivity contribution in [3.63, 3.8) is 0 Å². The van der Waals surface area contributed by atoms with E-state index in [1.807, 2.05) is 12.1 Å². The van der Waals surface area contributed by atoms with Gasteiger partial charge in [-0.2, -0.15) is 0 Å². The van der Waals surface area contributed by atoms with E-state index in [2.05, 4.69) is 6.92 Å². The summed E-state index contributed by atoms with van der Waals surface area (Å²) in [5, 5.41) is 18.1. The summed E-state index contributed by atoms with van der Waals surface area (Å²) in [6, 6.07) is 7.24. The molecule has 0 aromatic heterocycles. The van der Waals surface area contributed by atoms with Gasteiger partial charge < -0.3 is 10.2 Å². The average molecular weight is 254 g/mol. The van der Waals surface area contributed by atoms with Gasteiger partial charge >= 0.3 is 0 Å². The zero-order valence-electron chi connectivity index (χ0n) is 10.1. The Kier molecular flexibility index (Phi) is 5.68. The SMILES string of the molecule is CC(=O)SCCC(C)c1ccc(C(O)O)cc1. The molecule has 0 radical (unpaired) electrons. The van der Waals surface area contributed by atoms with Crippen molar-refractivity contribution in [1.29, 1.82) is 0 Å². The van der Waals surface area contributed by atoms with Crippen LogP contribution in [0.15, 0.2) is 24.3 Å². The van der Waals surface area contributed by atoms with Crippen molar-refractivity contribution in [2.75, 3.05) is 5.75 Å². The Morgan fingerprint density at radius 2 is 1.76 bits per heavy atom. The van der Waals surface area contributed by atoms with Crippen molar-refractivity contribution >= 4 is 16.9 Å². The van der Waals surface area contributed by atoms with Gasteiger partial charge in [-0.05, 0) is 17.9 Å². The van der Waals surface area contributed by atoms with Crippen LogP contribution in [-0.2, 0) is 4.79 Å². The van der Waals surface area contributed by atoms with Crippen molar-refractivity contribution in [2.24, 2.45) is 0 Å². The standard InChI is InChI=1S/C13H18O3S/c1-9(7-8-17-10(2)14)11-3-5-12(6-4-11)13(15)16/h3-6,9,13,15-16H,7-8H2,1-2H3. The van der Waals surface area contributed by atoms with Gasteiger partial charge in [0.05, 0.1) is 0 Å². The lowest BCUT2D eigenvalue weighted by Gasteiger charge is -2.12. The van der Waals surface area contributed by atoms with Gasteiger partial charge in [0.25, 0.3) is 0 Å². The first-order valence-corrected chi connectivity index (χ1v) is 6.58. The molecule has 0 amide bonds. The Labute approximate surface area is 106 Å². The third-order valence-corrected chi connectivity index (χ3v) is 3.51. The Morgan fingerprint density at radius 1 is 1.24 bits per heavy atom. The fourth-order valence-electron chi connectivity index (χ4n) is 1.54. The summed E-state index contributed by atoms with van der Waals surface area (Å²) in [5.41, 5.74) is 1.65. The first-order valence-electron chi connectivity index (χ1n) is 5.60. The van der Waals surface area contributed by atoms with Crippen LogP contribution >= 0.6 is 11.8 Å². The minimum atomic E-state index is -1.41. The maximum absolute atomic E-state index is 10.8. The molecule has 0 aliphatic carbocycles. The van der Waals surface area contributed by atoms with Crippen molar-refractivity contribution in [1.82, 2.24) is 0 Å². The predicted molar refractivity (Wildman–Crippen MR) is 69.8 cm³/mol. The summed E-state index contributed by atoms with van der Waals surface area (Å²) in [6.45, 7) is 3.68. The van der Waals surface area contributed by atoms with Crippen LogP contribution < -0.4 is 0 Å². The third-order valence-electron chi connectivity index (χ3n) is 2.66. The van der Waals surface area contributed by atoms with E-state index in [0.717, 1.165) is 17.7 Å². The average Bonchev–Trinajstić information content (AvgIpc) is 2.28. The van der Waals surface area contributed by atoms with Crippen molar-refractivity contribution < 1.29 is 15.0 Å². The summed E-state index contributed by atoms with van der Waals surface area (Å²) in [7, 11) is 0. The molecule has 3 nitrogen and oxygen atoms in total. The van der Waals surface area contributed by atoms with E-state index in [4.69, 9.17) is 10.2 Å². The number of hydrogen-bond acceptors (Lipinski definition) is 4. The van der Waals surface area contributed by atoms with E-state index < -0.39 is 6.29 Å². The summed E-state index contributed by atoms with van der Waals surface area (Å²) < 4.78 is 0. The highest BCUT2D eigenvalue weighted by atomic mass is 32.2. The lowest BCUT2D eigenvalue weighted by atomic mass is 9.97. The van der Waals surface area contributed by atoms with E-state index in [-0.39, 0.29) is 5.12 Å². The Morgan fingerprint density at radius 3 is 2.24 bits per heavy atom. The van der Waals surface area contributed by atoms with Gasteiger partial charge in [-0.15, -0.1) is 0 Å². The fourth-order valence-corrected chi connectivity index (χ4v) is 2.30. The molecule has 2 N–H and O–H groups in total. The second kappa shape index (κ2) is 6.79. The lowest BCUT2D eigenvalue weighted by molar-refractivity contribution is -0.109. The van der Waals surface area contributed by atoms with Gasteiger partial charge in [0.15, 0.2) is 11.4 Å². The molecule has 0 bridgehead atoms. The van der Waals surface area contributed by atoms with E-state index in [1.165, 1.54) is 11.8 Å². The van der Waals surface area contributed by atoms with Crippen LogP contribution in [0.25, 0.3) is 0 Å². The molecule has 0 aliphatic rings. The number of hydrogen-bond donors (Lipinski definition) is 2.